The number of para-hydroxylation sites is 1. The van der Waals surface area contributed by atoms with E-state index in [4.69, 9.17) is 0 Å². The van der Waals surface area contributed by atoms with Crippen molar-refractivity contribution in [2.75, 3.05) is 42.9 Å². The predicted molar refractivity (Wildman–Crippen MR) is 117 cm³/mol. The van der Waals surface area contributed by atoms with Gasteiger partial charge in [0.25, 0.3) is 0 Å². The number of aromatic nitrogens is 2. The lowest BCUT2D eigenvalue weighted by Crippen LogP contribution is -2.48. The molecule has 2 aromatic carbocycles. The molecule has 1 fully saturated rings. The summed E-state index contributed by atoms with van der Waals surface area (Å²) in [6, 6.07) is 16.6. The van der Waals surface area contributed by atoms with Gasteiger partial charge in [-0.3, -0.25) is 9.69 Å². The molecule has 1 aliphatic rings. The summed E-state index contributed by atoms with van der Waals surface area (Å²) in [5.74, 6) is -0.0409. The highest BCUT2D eigenvalue weighted by Gasteiger charge is 2.20. The van der Waals surface area contributed by atoms with Gasteiger partial charge >= 0.3 is 0 Å². The molecule has 0 saturated carbocycles. The van der Waals surface area contributed by atoms with E-state index in [2.05, 4.69) is 51.4 Å². The summed E-state index contributed by atoms with van der Waals surface area (Å²) in [4.78, 5) is 17.1. The average Bonchev–Trinajstić information content (AvgIpc) is 3.08. The van der Waals surface area contributed by atoms with Crippen molar-refractivity contribution in [1.29, 1.82) is 0 Å². The van der Waals surface area contributed by atoms with Gasteiger partial charge < -0.3 is 10.2 Å². The van der Waals surface area contributed by atoms with Gasteiger partial charge in [0, 0.05) is 37.9 Å². The monoisotopic (exact) mass is 407 g/mol. The maximum Gasteiger partial charge on any atom is 0.239 e. The summed E-state index contributed by atoms with van der Waals surface area (Å²) in [5.41, 5.74) is 3.49. The highest BCUT2D eigenvalue weighted by atomic mass is 19.1. The third kappa shape index (κ3) is 4.52. The van der Waals surface area contributed by atoms with Crippen molar-refractivity contribution < 1.29 is 9.18 Å². The van der Waals surface area contributed by atoms with Crippen molar-refractivity contribution in [2.24, 2.45) is 0 Å². The van der Waals surface area contributed by atoms with Crippen LogP contribution >= 0.6 is 0 Å². The van der Waals surface area contributed by atoms with Gasteiger partial charge in [-0.25, -0.2) is 9.07 Å². The number of anilines is 2. The number of amides is 1. The molecule has 2 heterocycles. The van der Waals surface area contributed by atoms with Crippen LogP contribution in [0.5, 0.6) is 0 Å². The molecule has 1 saturated heterocycles. The van der Waals surface area contributed by atoms with Crippen LogP contribution in [0.15, 0.2) is 54.6 Å². The Morgan fingerprint density at radius 1 is 1.03 bits per heavy atom. The fraction of sp³-hybridized carbons (Fsp3) is 0.304. The number of nitrogens with one attached hydrogen (secondary N) is 1. The fourth-order valence-corrected chi connectivity index (χ4v) is 3.77. The lowest BCUT2D eigenvalue weighted by molar-refractivity contribution is -0.117. The Bertz CT molecular complexity index is 1040. The zero-order valence-electron chi connectivity index (χ0n) is 17.3. The minimum absolute atomic E-state index is 0.128. The molecule has 0 unspecified atom stereocenters. The zero-order valence-corrected chi connectivity index (χ0v) is 17.3. The van der Waals surface area contributed by atoms with Crippen LogP contribution in [0.25, 0.3) is 5.69 Å². The molecule has 0 bridgehead atoms. The van der Waals surface area contributed by atoms with Crippen LogP contribution in [-0.2, 0) is 4.79 Å². The second-order valence-electron chi connectivity index (χ2n) is 7.68. The number of nitrogens with zero attached hydrogens (tertiary/aromatic N) is 4. The minimum atomic E-state index is -0.386. The molecule has 1 amide bonds. The van der Waals surface area contributed by atoms with Crippen LogP contribution < -0.4 is 10.2 Å². The topological polar surface area (TPSA) is 53.4 Å². The third-order valence-electron chi connectivity index (χ3n) is 5.29. The second kappa shape index (κ2) is 8.67. The summed E-state index contributed by atoms with van der Waals surface area (Å²) < 4.78 is 15.6. The Kier molecular flexibility index (Phi) is 5.81. The van der Waals surface area contributed by atoms with Gasteiger partial charge in [-0.2, -0.15) is 5.10 Å². The van der Waals surface area contributed by atoms with E-state index in [0.717, 1.165) is 26.2 Å². The van der Waals surface area contributed by atoms with Crippen molar-refractivity contribution >= 4 is 17.4 Å². The molecule has 1 aromatic heterocycles. The molecule has 4 rings (SSSR count). The van der Waals surface area contributed by atoms with Crippen LogP contribution in [0.2, 0.25) is 0 Å². The molecule has 1 aliphatic heterocycles. The number of benzene rings is 2. The number of rotatable bonds is 5. The van der Waals surface area contributed by atoms with Crippen molar-refractivity contribution in [3.63, 3.8) is 0 Å². The first-order valence-corrected chi connectivity index (χ1v) is 10.1. The summed E-state index contributed by atoms with van der Waals surface area (Å²) in [5, 5.41) is 7.23. The van der Waals surface area contributed by atoms with Crippen LogP contribution in [-0.4, -0.2) is 53.3 Å². The summed E-state index contributed by atoms with van der Waals surface area (Å²) in [6.07, 6.45) is 0. The number of halogens is 1. The number of carbonyl (C=O) groups excluding carboxylic acids is 1. The van der Waals surface area contributed by atoms with E-state index in [1.165, 1.54) is 22.0 Å². The van der Waals surface area contributed by atoms with Crippen LogP contribution in [0.1, 0.15) is 11.3 Å². The summed E-state index contributed by atoms with van der Waals surface area (Å²) in [7, 11) is 0. The molecule has 0 aliphatic carbocycles. The van der Waals surface area contributed by atoms with E-state index >= 15 is 0 Å². The van der Waals surface area contributed by atoms with E-state index in [1.54, 1.807) is 24.3 Å². The maximum atomic E-state index is 14.2. The van der Waals surface area contributed by atoms with Crippen molar-refractivity contribution in [3.8, 4) is 5.69 Å². The quantitative estimate of drug-likeness (QED) is 0.705. The van der Waals surface area contributed by atoms with Crippen LogP contribution in [0.3, 0.4) is 0 Å². The van der Waals surface area contributed by atoms with Gasteiger partial charge in [0.15, 0.2) is 0 Å². The Morgan fingerprint density at radius 3 is 2.53 bits per heavy atom. The number of hydrogen-bond donors (Lipinski definition) is 1. The smallest absolute Gasteiger partial charge is 0.239 e. The minimum Gasteiger partial charge on any atom is -0.369 e. The third-order valence-corrected chi connectivity index (χ3v) is 5.29. The number of piperazine rings is 1. The Balaban J connectivity index is 1.37. The molecule has 0 atom stereocenters. The largest absolute Gasteiger partial charge is 0.369 e. The van der Waals surface area contributed by atoms with Gasteiger partial charge in [0.2, 0.25) is 5.91 Å². The van der Waals surface area contributed by atoms with Crippen LogP contribution in [0, 0.1) is 19.7 Å². The van der Waals surface area contributed by atoms with Gasteiger partial charge in [-0.1, -0.05) is 24.3 Å². The lowest BCUT2D eigenvalue weighted by Gasteiger charge is -2.35. The number of hydrogen-bond acceptors (Lipinski definition) is 4. The van der Waals surface area contributed by atoms with Gasteiger partial charge in [-0.15, -0.1) is 0 Å². The SMILES string of the molecule is Cc1cccc(N2CCN(CC(=O)Nc3cc(C)nn3-c3ccccc3F)CC2)c1. The first kappa shape index (κ1) is 20.1. The van der Waals surface area contributed by atoms with E-state index in [-0.39, 0.29) is 11.7 Å². The Morgan fingerprint density at radius 2 is 1.80 bits per heavy atom. The molecule has 0 spiro atoms. The van der Waals surface area contributed by atoms with Crippen molar-refractivity contribution in [2.45, 2.75) is 13.8 Å². The molecule has 7 heteroatoms. The van der Waals surface area contributed by atoms with E-state index in [9.17, 15) is 9.18 Å². The summed E-state index contributed by atoms with van der Waals surface area (Å²) in [6.45, 7) is 7.59. The zero-order chi connectivity index (χ0) is 21.1. The van der Waals surface area contributed by atoms with E-state index < -0.39 is 0 Å². The molecule has 1 N–H and O–H groups in total. The van der Waals surface area contributed by atoms with E-state index in [1.807, 2.05) is 6.92 Å². The normalized spacial score (nSPS) is 14.7. The molecule has 3 aromatic rings. The molecular weight excluding hydrogens is 381 g/mol. The van der Waals surface area contributed by atoms with Gasteiger partial charge in [0.1, 0.15) is 17.3 Å². The second-order valence-corrected chi connectivity index (χ2v) is 7.68. The molecule has 156 valence electrons. The highest BCUT2D eigenvalue weighted by Crippen LogP contribution is 2.20. The van der Waals surface area contributed by atoms with Gasteiger partial charge in [-0.05, 0) is 43.7 Å². The summed E-state index contributed by atoms with van der Waals surface area (Å²) >= 11 is 0. The first-order chi connectivity index (χ1) is 14.5. The van der Waals surface area contributed by atoms with Crippen molar-refractivity contribution in [3.05, 3.63) is 71.7 Å². The maximum absolute atomic E-state index is 14.2. The number of aryl methyl sites for hydroxylation is 2. The lowest BCUT2D eigenvalue weighted by atomic mass is 10.2. The Labute approximate surface area is 175 Å². The highest BCUT2D eigenvalue weighted by molar-refractivity contribution is 5.91. The molecule has 6 nitrogen and oxygen atoms in total. The van der Waals surface area contributed by atoms with Gasteiger partial charge in [0.05, 0.1) is 12.2 Å². The van der Waals surface area contributed by atoms with Crippen LogP contribution in [0.4, 0.5) is 15.9 Å². The van der Waals surface area contributed by atoms with Crippen molar-refractivity contribution in [1.82, 2.24) is 14.7 Å². The standard InChI is InChI=1S/C23H26FN5O/c1-17-6-5-7-19(14-17)28-12-10-27(11-13-28)16-23(30)25-22-15-18(2)26-29(22)21-9-4-3-8-20(21)24/h3-9,14-15H,10-13,16H2,1-2H3,(H,25,30). The number of carbonyl (C=O) groups is 1. The average molecular weight is 407 g/mol. The Hall–Kier alpha value is -3.19. The fourth-order valence-electron chi connectivity index (χ4n) is 3.77. The van der Waals surface area contributed by atoms with E-state index in [0.29, 0.717) is 23.7 Å². The first-order valence-electron chi connectivity index (χ1n) is 10.1. The molecule has 0 radical (unpaired) electrons. The molecule has 30 heavy (non-hydrogen) atoms. The predicted octanol–water partition coefficient (Wildman–Crippen LogP) is 3.39. The molecular formula is C23H26FN5O.